The zero-order chi connectivity index (χ0) is 22.0. The van der Waals surface area contributed by atoms with Gasteiger partial charge in [0.1, 0.15) is 5.75 Å². The Morgan fingerprint density at radius 2 is 1.69 bits per heavy atom. The molecule has 32 heavy (non-hydrogen) atoms. The summed E-state index contributed by atoms with van der Waals surface area (Å²) >= 11 is 1.81. The van der Waals surface area contributed by atoms with Crippen LogP contribution in [0.5, 0.6) is 5.75 Å². The number of amides is 1. The molecule has 0 saturated carbocycles. The van der Waals surface area contributed by atoms with Gasteiger partial charge in [-0.05, 0) is 48.4 Å². The molecule has 3 aromatic rings. The molecule has 0 bridgehead atoms. The van der Waals surface area contributed by atoms with Gasteiger partial charge in [0.25, 0.3) is 0 Å². The Morgan fingerprint density at radius 3 is 2.41 bits per heavy atom. The predicted molar refractivity (Wildman–Crippen MR) is 127 cm³/mol. The van der Waals surface area contributed by atoms with Gasteiger partial charge in [0.15, 0.2) is 0 Å². The molecule has 4 rings (SSSR count). The van der Waals surface area contributed by atoms with Gasteiger partial charge in [0.2, 0.25) is 0 Å². The second-order valence-corrected chi connectivity index (χ2v) is 8.86. The van der Waals surface area contributed by atoms with E-state index in [1.54, 1.807) is 4.90 Å². The fraction of sp³-hybridized carbons (Fsp3) is 0.320. The molecule has 1 aromatic carbocycles. The number of pyridine rings is 2. The molecule has 1 saturated heterocycles. The molecule has 7 heteroatoms. The van der Waals surface area contributed by atoms with Crippen molar-refractivity contribution in [2.45, 2.75) is 17.7 Å². The smallest absolute Gasteiger partial charge is 0.410 e. The summed E-state index contributed by atoms with van der Waals surface area (Å²) in [6.45, 7) is 4.05. The van der Waals surface area contributed by atoms with E-state index >= 15 is 0 Å². The van der Waals surface area contributed by atoms with Crippen LogP contribution >= 0.6 is 11.8 Å². The van der Waals surface area contributed by atoms with Crippen LogP contribution in [0.15, 0.2) is 78.1 Å². The van der Waals surface area contributed by atoms with Crippen LogP contribution < -0.4 is 4.74 Å². The molecule has 1 aliphatic heterocycles. The van der Waals surface area contributed by atoms with Gasteiger partial charge in [-0.25, -0.2) is 4.79 Å². The first-order valence-electron chi connectivity index (χ1n) is 11.0. The van der Waals surface area contributed by atoms with Crippen LogP contribution in [0.4, 0.5) is 4.79 Å². The minimum absolute atomic E-state index is 0.268. The Kier molecular flexibility index (Phi) is 8.11. The second-order valence-electron chi connectivity index (χ2n) is 7.69. The van der Waals surface area contributed by atoms with Crippen LogP contribution in [0.3, 0.4) is 0 Å². The monoisotopic (exact) mass is 448 g/mol. The average molecular weight is 449 g/mol. The van der Waals surface area contributed by atoms with Crippen molar-refractivity contribution >= 4 is 17.9 Å². The van der Waals surface area contributed by atoms with Crippen LogP contribution in [0.25, 0.3) is 0 Å². The van der Waals surface area contributed by atoms with E-state index in [1.807, 2.05) is 78.9 Å². The standard InChI is InChI=1S/C25H28N4O2S/c30-25(29-18-16-28(17-19-29)15-10-22-3-1-2-12-27-22)31-23-6-4-21(5-7-23)11-20-32-24-8-13-26-14-9-24/h1-9,12-14H,10-11,15-20H2. The molecular formula is C25H28N4O2S. The number of carbonyl (C=O) groups is 1. The van der Waals surface area contributed by atoms with Crippen LogP contribution in [0.2, 0.25) is 0 Å². The zero-order valence-electron chi connectivity index (χ0n) is 18.1. The molecule has 1 amide bonds. The number of hydrogen-bond donors (Lipinski definition) is 0. The molecule has 1 aliphatic rings. The Morgan fingerprint density at radius 1 is 0.906 bits per heavy atom. The van der Waals surface area contributed by atoms with E-state index in [-0.39, 0.29) is 6.09 Å². The third-order valence-corrected chi connectivity index (χ3v) is 6.49. The highest BCUT2D eigenvalue weighted by atomic mass is 32.2. The van der Waals surface area contributed by atoms with E-state index in [2.05, 4.69) is 20.9 Å². The fourth-order valence-corrected chi connectivity index (χ4v) is 4.47. The minimum Gasteiger partial charge on any atom is -0.410 e. The third kappa shape index (κ3) is 6.80. The normalized spacial score (nSPS) is 14.3. The largest absolute Gasteiger partial charge is 0.415 e. The summed E-state index contributed by atoms with van der Waals surface area (Å²) in [5, 5.41) is 0. The van der Waals surface area contributed by atoms with Gasteiger partial charge in [0, 0.05) is 74.1 Å². The van der Waals surface area contributed by atoms with Crippen molar-refractivity contribution in [1.29, 1.82) is 0 Å². The van der Waals surface area contributed by atoms with E-state index in [4.69, 9.17) is 4.74 Å². The van der Waals surface area contributed by atoms with Crippen LogP contribution in [0, 0.1) is 0 Å². The summed E-state index contributed by atoms with van der Waals surface area (Å²) in [6.07, 6.45) is 7.08. The van der Waals surface area contributed by atoms with Crippen molar-refractivity contribution in [3.05, 3.63) is 84.4 Å². The fourth-order valence-electron chi connectivity index (χ4n) is 3.58. The lowest BCUT2D eigenvalue weighted by molar-refractivity contribution is 0.111. The number of benzene rings is 1. The van der Waals surface area contributed by atoms with E-state index in [9.17, 15) is 4.79 Å². The number of aromatic nitrogens is 2. The molecule has 0 N–H and O–H groups in total. The van der Waals surface area contributed by atoms with E-state index < -0.39 is 0 Å². The maximum atomic E-state index is 12.5. The van der Waals surface area contributed by atoms with Gasteiger partial charge in [-0.15, -0.1) is 11.8 Å². The molecule has 1 fully saturated rings. The molecule has 6 nitrogen and oxygen atoms in total. The molecule has 0 radical (unpaired) electrons. The van der Waals surface area contributed by atoms with E-state index in [0.29, 0.717) is 18.8 Å². The number of carbonyl (C=O) groups excluding carboxylic acids is 1. The van der Waals surface area contributed by atoms with Crippen molar-refractivity contribution in [2.24, 2.45) is 0 Å². The summed E-state index contributed by atoms with van der Waals surface area (Å²) in [7, 11) is 0. The highest BCUT2D eigenvalue weighted by Crippen LogP contribution is 2.20. The van der Waals surface area contributed by atoms with Gasteiger partial charge in [-0.3, -0.25) is 14.9 Å². The third-order valence-electron chi connectivity index (χ3n) is 5.48. The lowest BCUT2D eigenvalue weighted by Gasteiger charge is -2.33. The number of rotatable bonds is 8. The van der Waals surface area contributed by atoms with Crippen LogP contribution in [-0.4, -0.2) is 64.3 Å². The lowest BCUT2D eigenvalue weighted by Crippen LogP contribution is -2.49. The first-order chi connectivity index (χ1) is 15.8. The predicted octanol–water partition coefficient (Wildman–Crippen LogP) is 4.17. The number of hydrogen-bond acceptors (Lipinski definition) is 6. The average Bonchev–Trinajstić information content (AvgIpc) is 2.85. The second kappa shape index (κ2) is 11.6. The number of aryl methyl sites for hydroxylation is 1. The van der Waals surface area contributed by atoms with E-state index in [1.165, 1.54) is 10.5 Å². The summed E-state index contributed by atoms with van der Waals surface area (Å²) in [5.41, 5.74) is 2.33. The summed E-state index contributed by atoms with van der Waals surface area (Å²) in [4.78, 5) is 26.3. The molecule has 166 valence electrons. The van der Waals surface area contributed by atoms with Gasteiger partial charge < -0.3 is 9.64 Å². The molecule has 0 unspecified atom stereocenters. The minimum atomic E-state index is -0.268. The van der Waals surface area contributed by atoms with Gasteiger partial charge in [-0.1, -0.05) is 18.2 Å². The van der Waals surface area contributed by atoms with Crippen molar-refractivity contribution in [3.63, 3.8) is 0 Å². The molecule has 3 heterocycles. The first kappa shape index (κ1) is 22.3. The number of piperazine rings is 1. The maximum absolute atomic E-state index is 12.5. The maximum Gasteiger partial charge on any atom is 0.415 e. The molecule has 0 atom stereocenters. The molecule has 0 spiro atoms. The summed E-state index contributed by atoms with van der Waals surface area (Å²) < 4.78 is 5.59. The summed E-state index contributed by atoms with van der Waals surface area (Å²) in [6, 6.07) is 17.9. The van der Waals surface area contributed by atoms with Crippen LogP contribution in [-0.2, 0) is 12.8 Å². The zero-order valence-corrected chi connectivity index (χ0v) is 18.9. The highest BCUT2D eigenvalue weighted by molar-refractivity contribution is 7.99. The summed E-state index contributed by atoms with van der Waals surface area (Å²) in [5.74, 6) is 1.59. The van der Waals surface area contributed by atoms with Crippen molar-refractivity contribution in [3.8, 4) is 5.75 Å². The van der Waals surface area contributed by atoms with Crippen LogP contribution in [0.1, 0.15) is 11.3 Å². The van der Waals surface area contributed by atoms with Crippen molar-refractivity contribution < 1.29 is 9.53 Å². The molecular weight excluding hydrogens is 420 g/mol. The molecule has 2 aromatic heterocycles. The SMILES string of the molecule is O=C(Oc1ccc(CCSc2ccncc2)cc1)N1CCN(CCc2ccccn2)CC1. The Labute approximate surface area is 193 Å². The Hall–Kier alpha value is -2.90. The highest BCUT2D eigenvalue weighted by Gasteiger charge is 2.22. The number of ether oxygens (including phenoxy) is 1. The Bertz CT molecular complexity index is 962. The van der Waals surface area contributed by atoms with Gasteiger partial charge >= 0.3 is 6.09 Å². The lowest BCUT2D eigenvalue weighted by atomic mass is 10.2. The first-order valence-corrected chi connectivity index (χ1v) is 12.0. The topological polar surface area (TPSA) is 58.6 Å². The van der Waals surface area contributed by atoms with Gasteiger partial charge in [-0.2, -0.15) is 0 Å². The quantitative estimate of drug-likeness (QED) is 0.482. The number of thioether (sulfide) groups is 1. The van der Waals surface area contributed by atoms with Gasteiger partial charge in [0.05, 0.1) is 0 Å². The number of nitrogens with zero attached hydrogens (tertiary/aromatic N) is 4. The Balaban J connectivity index is 1.16. The van der Waals surface area contributed by atoms with E-state index in [0.717, 1.165) is 43.9 Å². The van der Waals surface area contributed by atoms with Crippen molar-refractivity contribution in [1.82, 2.24) is 19.8 Å². The molecule has 0 aliphatic carbocycles. The van der Waals surface area contributed by atoms with Crippen molar-refractivity contribution in [2.75, 3.05) is 38.5 Å².